The SMILES string of the molecule is CC(C)(C)OC(=O)NCCCc1c[nH]c(-c2ccc(F)cc2)c1-c1ccncc1. The van der Waals surface area contributed by atoms with Gasteiger partial charge in [0.1, 0.15) is 11.4 Å². The molecule has 0 aliphatic rings. The summed E-state index contributed by atoms with van der Waals surface area (Å²) in [5.41, 5.74) is 4.57. The highest BCUT2D eigenvalue weighted by atomic mass is 19.1. The summed E-state index contributed by atoms with van der Waals surface area (Å²) in [5.74, 6) is -0.265. The Bertz CT molecular complexity index is 945. The van der Waals surface area contributed by atoms with Crippen LogP contribution in [0.2, 0.25) is 0 Å². The lowest BCUT2D eigenvalue weighted by Crippen LogP contribution is -2.33. The maximum atomic E-state index is 13.3. The number of hydrogen-bond donors (Lipinski definition) is 2. The molecule has 0 unspecified atom stereocenters. The third-order valence-electron chi connectivity index (χ3n) is 4.35. The van der Waals surface area contributed by atoms with Crippen LogP contribution < -0.4 is 5.32 Å². The summed E-state index contributed by atoms with van der Waals surface area (Å²) < 4.78 is 18.6. The van der Waals surface area contributed by atoms with E-state index in [0.717, 1.165) is 40.8 Å². The number of benzene rings is 1. The standard InChI is InChI=1S/C23H26FN3O2/c1-23(2,3)29-22(28)26-12-4-5-18-15-27-21(17-6-8-19(24)9-7-17)20(18)16-10-13-25-14-11-16/h6-11,13-15,27H,4-5,12H2,1-3H3,(H,26,28). The van der Waals surface area contributed by atoms with Gasteiger partial charge in [-0.25, -0.2) is 9.18 Å². The second-order valence-corrected chi connectivity index (χ2v) is 7.84. The largest absolute Gasteiger partial charge is 0.444 e. The molecule has 0 aliphatic carbocycles. The van der Waals surface area contributed by atoms with Crippen molar-refractivity contribution in [2.75, 3.05) is 6.54 Å². The third kappa shape index (κ3) is 5.67. The zero-order valence-electron chi connectivity index (χ0n) is 17.0. The van der Waals surface area contributed by atoms with Crippen molar-refractivity contribution in [1.82, 2.24) is 15.3 Å². The minimum atomic E-state index is -0.511. The van der Waals surface area contributed by atoms with Crippen LogP contribution in [0.3, 0.4) is 0 Å². The van der Waals surface area contributed by atoms with E-state index in [4.69, 9.17) is 4.74 Å². The summed E-state index contributed by atoms with van der Waals surface area (Å²) in [5, 5.41) is 2.79. The molecular formula is C23H26FN3O2. The molecule has 0 spiro atoms. The molecule has 1 aromatic carbocycles. The number of aromatic nitrogens is 2. The van der Waals surface area contributed by atoms with Gasteiger partial charge in [0.05, 0.1) is 5.69 Å². The van der Waals surface area contributed by atoms with Crippen LogP contribution in [-0.4, -0.2) is 28.2 Å². The molecule has 152 valence electrons. The number of aromatic amines is 1. The van der Waals surface area contributed by atoms with E-state index in [1.807, 2.05) is 39.1 Å². The van der Waals surface area contributed by atoms with Crippen molar-refractivity contribution in [2.45, 2.75) is 39.2 Å². The number of alkyl carbamates (subject to hydrolysis) is 1. The molecule has 0 radical (unpaired) electrons. The highest BCUT2D eigenvalue weighted by Gasteiger charge is 2.17. The van der Waals surface area contributed by atoms with Gasteiger partial charge in [0.2, 0.25) is 0 Å². The van der Waals surface area contributed by atoms with Gasteiger partial charge in [-0.05, 0) is 86.7 Å². The molecule has 0 bridgehead atoms. The normalized spacial score (nSPS) is 11.3. The summed E-state index contributed by atoms with van der Waals surface area (Å²) in [6, 6.07) is 10.4. The van der Waals surface area contributed by atoms with E-state index in [0.29, 0.717) is 6.54 Å². The van der Waals surface area contributed by atoms with Crippen molar-refractivity contribution >= 4 is 6.09 Å². The lowest BCUT2D eigenvalue weighted by atomic mass is 9.96. The molecule has 2 aromatic heterocycles. The number of carbonyl (C=O) groups is 1. The van der Waals surface area contributed by atoms with E-state index >= 15 is 0 Å². The van der Waals surface area contributed by atoms with Crippen molar-refractivity contribution in [3.05, 3.63) is 66.4 Å². The van der Waals surface area contributed by atoms with Gasteiger partial charge >= 0.3 is 6.09 Å². The Hall–Kier alpha value is -3.15. The van der Waals surface area contributed by atoms with Crippen LogP contribution in [-0.2, 0) is 11.2 Å². The van der Waals surface area contributed by atoms with Gasteiger partial charge in [0.25, 0.3) is 0 Å². The third-order valence-corrected chi connectivity index (χ3v) is 4.35. The number of nitrogens with zero attached hydrogens (tertiary/aromatic N) is 1. The average molecular weight is 395 g/mol. The van der Waals surface area contributed by atoms with Crippen molar-refractivity contribution in [1.29, 1.82) is 0 Å². The van der Waals surface area contributed by atoms with Gasteiger partial charge in [0, 0.05) is 30.7 Å². The predicted octanol–water partition coefficient (Wildman–Crippen LogP) is 5.34. The molecule has 0 atom stereocenters. The molecule has 2 N–H and O–H groups in total. The van der Waals surface area contributed by atoms with Crippen LogP contribution >= 0.6 is 0 Å². The summed E-state index contributed by atoms with van der Waals surface area (Å²) in [7, 11) is 0. The number of ether oxygens (including phenoxy) is 1. The first-order valence-corrected chi connectivity index (χ1v) is 9.67. The van der Waals surface area contributed by atoms with Crippen LogP contribution in [0.1, 0.15) is 32.8 Å². The Morgan fingerprint density at radius 3 is 2.45 bits per heavy atom. The zero-order chi connectivity index (χ0) is 20.9. The number of H-pyrrole nitrogens is 1. The van der Waals surface area contributed by atoms with E-state index in [1.165, 1.54) is 12.1 Å². The van der Waals surface area contributed by atoms with Gasteiger partial charge < -0.3 is 15.0 Å². The Labute approximate surface area is 170 Å². The zero-order valence-corrected chi connectivity index (χ0v) is 17.0. The second-order valence-electron chi connectivity index (χ2n) is 7.84. The van der Waals surface area contributed by atoms with Crippen molar-refractivity contribution in [2.24, 2.45) is 0 Å². The number of halogens is 1. The minimum Gasteiger partial charge on any atom is -0.444 e. The van der Waals surface area contributed by atoms with Crippen LogP contribution in [0.15, 0.2) is 55.0 Å². The number of hydrogen-bond acceptors (Lipinski definition) is 3. The summed E-state index contributed by atoms with van der Waals surface area (Å²) in [6.07, 6.45) is 6.60. The van der Waals surface area contributed by atoms with Gasteiger partial charge in [0.15, 0.2) is 0 Å². The van der Waals surface area contributed by atoms with E-state index in [9.17, 15) is 9.18 Å². The Morgan fingerprint density at radius 2 is 1.79 bits per heavy atom. The molecule has 0 saturated carbocycles. The number of pyridine rings is 1. The summed E-state index contributed by atoms with van der Waals surface area (Å²) >= 11 is 0. The highest BCUT2D eigenvalue weighted by molar-refractivity contribution is 5.83. The first-order valence-electron chi connectivity index (χ1n) is 9.67. The Morgan fingerprint density at radius 1 is 1.10 bits per heavy atom. The van der Waals surface area contributed by atoms with Crippen LogP contribution in [0.5, 0.6) is 0 Å². The molecule has 2 heterocycles. The molecule has 6 heteroatoms. The van der Waals surface area contributed by atoms with E-state index in [1.54, 1.807) is 24.5 Å². The van der Waals surface area contributed by atoms with E-state index < -0.39 is 11.7 Å². The number of amides is 1. The lowest BCUT2D eigenvalue weighted by molar-refractivity contribution is 0.0527. The van der Waals surface area contributed by atoms with Crippen molar-refractivity contribution < 1.29 is 13.9 Å². The number of carbonyl (C=O) groups excluding carboxylic acids is 1. The van der Waals surface area contributed by atoms with Gasteiger partial charge in [-0.2, -0.15) is 0 Å². The molecule has 5 nitrogen and oxygen atoms in total. The molecule has 29 heavy (non-hydrogen) atoms. The molecule has 0 saturated heterocycles. The quantitative estimate of drug-likeness (QED) is 0.554. The Balaban J connectivity index is 1.75. The van der Waals surface area contributed by atoms with Crippen LogP contribution in [0.4, 0.5) is 9.18 Å². The molecule has 3 rings (SSSR count). The first kappa shape index (κ1) is 20.6. The average Bonchev–Trinajstić information content (AvgIpc) is 3.09. The van der Waals surface area contributed by atoms with Crippen molar-refractivity contribution in [3.8, 4) is 22.4 Å². The maximum Gasteiger partial charge on any atom is 0.407 e. The first-order chi connectivity index (χ1) is 13.8. The topological polar surface area (TPSA) is 67.0 Å². The lowest BCUT2D eigenvalue weighted by Gasteiger charge is -2.19. The smallest absolute Gasteiger partial charge is 0.407 e. The fraction of sp³-hybridized carbons (Fsp3) is 0.304. The highest BCUT2D eigenvalue weighted by Crippen LogP contribution is 2.35. The monoisotopic (exact) mass is 395 g/mol. The Kier molecular flexibility index (Phi) is 6.32. The minimum absolute atomic E-state index is 0.265. The maximum absolute atomic E-state index is 13.3. The van der Waals surface area contributed by atoms with E-state index in [2.05, 4.69) is 15.3 Å². The van der Waals surface area contributed by atoms with Gasteiger partial charge in [-0.15, -0.1) is 0 Å². The molecular weight excluding hydrogens is 369 g/mol. The van der Waals surface area contributed by atoms with Crippen molar-refractivity contribution in [3.63, 3.8) is 0 Å². The fourth-order valence-corrected chi connectivity index (χ4v) is 3.14. The van der Waals surface area contributed by atoms with E-state index in [-0.39, 0.29) is 5.82 Å². The van der Waals surface area contributed by atoms with Gasteiger partial charge in [-0.1, -0.05) is 0 Å². The van der Waals surface area contributed by atoms with Crippen LogP contribution in [0.25, 0.3) is 22.4 Å². The second kappa shape index (κ2) is 8.90. The summed E-state index contributed by atoms with van der Waals surface area (Å²) in [4.78, 5) is 19.2. The molecule has 3 aromatic rings. The summed E-state index contributed by atoms with van der Waals surface area (Å²) in [6.45, 7) is 6.03. The van der Waals surface area contributed by atoms with Crippen LogP contribution in [0, 0.1) is 5.82 Å². The predicted molar refractivity (Wildman–Crippen MR) is 112 cm³/mol. The van der Waals surface area contributed by atoms with Gasteiger partial charge in [-0.3, -0.25) is 4.98 Å². The number of aryl methyl sites for hydroxylation is 1. The number of rotatable bonds is 6. The number of nitrogens with one attached hydrogen (secondary N) is 2. The molecule has 0 aliphatic heterocycles. The molecule has 0 fully saturated rings. The molecule has 1 amide bonds. The fourth-order valence-electron chi connectivity index (χ4n) is 3.14.